The standard InChI is InChI=1S/C8H17NO3/c1-6(11)8(12)7(4-5-10)9(2)3/h5-8,11-12H,4H2,1-3H3/t6-,7+,8-/m0/s1. The van der Waals surface area contributed by atoms with Crippen molar-refractivity contribution in [2.75, 3.05) is 14.1 Å². The molecule has 0 amide bonds. The topological polar surface area (TPSA) is 60.8 Å². The van der Waals surface area contributed by atoms with Crippen LogP contribution in [0.1, 0.15) is 13.3 Å². The number of hydrogen-bond donors (Lipinski definition) is 2. The predicted octanol–water partition coefficient (Wildman–Crippen LogP) is -0.753. The normalized spacial score (nSPS) is 18.8. The van der Waals surface area contributed by atoms with E-state index in [1.807, 2.05) is 0 Å². The molecule has 3 atom stereocenters. The van der Waals surface area contributed by atoms with E-state index in [4.69, 9.17) is 5.11 Å². The number of carbonyl (C=O) groups is 1. The van der Waals surface area contributed by atoms with E-state index >= 15 is 0 Å². The van der Waals surface area contributed by atoms with Gasteiger partial charge < -0.3 is 19.9 Å². The maximum Gasteiger partial charge on any atom is 0.121 e. The van der Waals surface area contributed by atoms with Gasteiger partial charge in [0.1, 0.15) is 6.29 Å². The number of rotatable bonds is 5. The van der Waals surface area contributed by atoms with Crippen molar-refractivity contribution in [3.63, 3.8) is 0 Å². The second-order valence-corrected chi connectivity index (χ2v) is 3.16. The molecule has 2 N–H and O–H groups in total. The van der Waals surface area contributed by atoms with E-state index < -0.39 is 12.2 Å². The van der Waals surface area contributed by atoms with Gasteiger partial charge in [-0.2, -0.15) is 0 Å². The molecule has 0 saturated carbocycles. The molecule has 0 aliphatic heterocycles. The lowest BCUT2D eigenvalue weighted by Gasteiger charge is -2.28. The summed E-state index contributed by atoms with van der Waals surface area (Å²) in [6, 6.07) is -0.303. The average molecular weight is 175 g/mol. The summed E-state index contributed by atoms with van der Waals surface area (Å²) >= 11 is 0. The van der Waals surface area contributed by atoms with Crippen LogP contribution in [0.3, 0.4) is 0 Å². The Morgan fingerprint density at radius 1 is 1.42 bits per heavy atom. The molecule has 0 aromatic rings. The molecule has 4 heteroatoms. The third kappa shape index (κ3) is 3.30. The van der Waals surface area contributed by atoms with E-state index in [1.54, 1.807) is 19.0 Å². The molecule has 4 nitrogen and oxygen atoms in total. The number of aliphatic hydroxyl groups excluding tert-OH is 2. The molecule has 0 rings (SSSR count). The largest absolute Gasteiger partial charge is 0.391 e. The Morgan fingerprint density at radius 2 is 1.92 bits per heavy atom. The highest BCUT2D eigenvalue weighted by molar-refractivity contribution is 5.50. The van der Waals surface area contributed by atoms with Crippen LogP contribution in [0.2, 0.25) is 0 Å². The number of aldehydes is 1. The summed E-state index contributed by atoms with van der Waals surface area (Å²) in [7, 11) is 3.53. The number of likely N-dealkylation sites (N-methyl/N-ethyl adjacent to an activating group) is 1. The van der Waals surface area contributed by atoms with Gasteiger partial charge in [0.15, 0.2) is 0 Å². The minimum absolute atomic E-state index is 0.235. The second kappa shape index (κ2) is 5.24. The Morgan fingerprint density at radius 3 is 2.17 bits per heavy atom. The molecular weight excluding hydrogens is 158 g/mol. The maximum atomic E-state index is 10.2. The zero-order valence-electron chi connectivity index (χ0n) is 7.77. The van der Waals surface area contributed by atoms with Gasteiger partial charge in [-0.25, -0.2) is 0 Å². The fourth-order valence-electron chi connectivity index (χ4n) is 1.08. The van der Waals surface area contributed by atoms with Crippen molar-refractivity contribution in [2.24, 2.45) is 0 Å². The summed E-state index contributed by atoms with van der Waals surface area (Å²) in [5.41, 5.74) is 0. The lowest BCUT2D eigenvalue weighted by atomic mass is 10.0. The van der Waals surface area contributed by atoms with Gasteiger partial charge >= 0.3 is 0 Å². The van der Waals surface area contributed by atoms with Crippen LogP contribution in [0, 0.1) is 0 Å². The van der Waals surface area contributed by atoms with Gasteiger partial charge in [0.25, 0.3) is 0 Å². The first-order valence-electron chi connectivity index (χ1n) is 3.97. The van der Waals surface area contributed by atoms with Crippen LogP contribution < -0.4 is 0 Å². The van der Waals surface area contributed by atoms with E-state index in [0.717, 1.165) is 6.29 Å². The van der Waals surface area contributed by atoms with E-state index in [2.05, 4.69) is 0 Å². The highest BCUT2D eigenvalue weighted by Gasteiger charge is 2.24. The fraction of sp³-hybridized carbons (Fsp3) is 0.875. The van der Waals surface area contributed by atoms with Crippen molar-refractivity contribution in [3.8, 4) is 0 Å². The van der Waals surface area contributed by atoms with Crippen molar-refractivity contribution in [3.05, 3.63) is 0 Å². The minimum Gasteiger partial charge on any atom is -0.391 e. The van der Waals surface area contributed by atoms with Gasteiger partial charge in [-0.05, 0) is 21.0 Å². The Bertz CT molecular complexity index is 136. The van der Waals surface area contributed by atoms with Gasteiger partial charge in [0.05, 0.1) is 12.2 Å². The van der Waals surface area contributed by atoms with Crippen LogP contribution in [0.25, 0.3) is 0 Å². The van der Waals surface area contributed by atoms with E-state index in [9.17, 15) is 9.90 Å². The van der Waals surface area contributed by atoms with Gasteiger partial charge in [0, 0.05) is 12.5 Å². The Hall–Kier alpha value is -0.450. The summed E-state index contributed by atoms with van der Waals surface area (Å²) in [4.78, 5) is 12.0. The molecule has 0 aromatic heterocycles. The smallest absolute Gasteiger partial charge is 0.121 e. The zero-order valence-corrected chi connectivity index (χ0v) is 7.77. The van der Waals surface area contributed by atoms with E-state index in [1.165, 1.54) is 6.92 Å². The molecule has 0 unspecified atom stereocenters. The summed E-state index contributed by atoms with van der Waals surface area (Å²) in [5, 5.41) is 18.5. The van der Waals surface area contributed by atoms with Crippen molar-refractivity contribution >= 4 is 6.29 Å². The monoisotopic (exact) mass is 175 g/mol. The number of hydrogen-bond acceptors (Lipinski definition) is 4. The van der Waals surface area contributed by atoms with Gasteiger partial charge in [-0.15, -0.1) is 0 Å². The molecule has 0 spiro atoms. The van der Waals surface area contributed by atoms with Crippen LogP contribution in [0.4, 0.5) is 0 Å². The fourth-order valence-corrected chi connectivity index (χ4v) is 1.08. The van der Waals surface area contributed by atoms with Gasteiger partial charge in [0.2, 0.25) is 0 Å². The molecule has 0 aliphatic rings. The number of aliphatic hydroxyl groups is 2. The molecule has 72 valence electrons. The number of nitrogens with zero attached hydrogens (tertiary/aromatic N) is 1. The third-order valence-electron chi connectivity index (χ3n) is 1.89. The maximum absolute atomic E-state index is 10.2. The average Bonchev–Trinajstić information content (AvgIpc) is 1.98. The molecule has 0 bridgehead atoms. The molecule has 0 heterocycles. The first-order chi connectivity index (χ1) is 5.50. The van der Waals surface area contributed by atoms with Crippen LogP contribution in [-0.4, -0.2) is 53.7 Å². The van der Waals surface area contributed by atoms with Crippen molar-refractivity contribution < 1.29 is 15.0 Å². The highest BCUT2D eigenvalue weighted by Crippen LogP contribution is 2.07. The summed E-state index contributed by atoms with van der Waals surface area (Å²) in [5.74, 6) is 0. The predicted molar refractivity (Wildman–Crippen MR) is 45.8 cm³/mol. The first kappa shape index (κ1) is 11.6. The molecule has 0 aromatic carbocycles. The van der Waals surface area contributed by atoms with Crippen molar-refractivity contribution in [2.45, 2.75) is 31.6 Å². The Kier molecular flexibility index (Phi) is 5.04. The molecule has 0 fully saturated rings. The molecule has 12 heavy (non-hydrogen) atoms. The quantitative estimate of drug-likeness (QED) is 0.540. The lowest BCUT2D eigenvalue weighted by Crippen LogP contribution is -2.44. The van der Waals surface area contributed by atoms with Gasteiger partial charge in [-0.1, -0.05) is 0 Å². The van der Waals surface area contributed by atoms with Crippen LogP contribution in [0.5, 0.6) is 0 Å². The van der Waals surface area contributed by atoms with Crippen LogP contribution in [-0.2, 0) is 4.79 Å². The van der Waals surface area contributed by atoms with Crippen LogP contribution >= 0.6 is 0 Å². The number of carbonyl (C=O) groups excluding carboxylic acids is 1. The highest BCUT2D eigenvalue weighted by atomic mass is 16.3. The van der Waals surface area contributed by atoms with Gasteiger partial charge in [-0.3, -0.25) is 0 Å². The summed E-state index contributed by atoms with van der Waals surface area (Å²) in [6.07, 6.45) is -0.697. The summed E-state index contributed by atoms with van der Waals surface area (Å²) in [6.45, 7) is 1.51. The molecular formula is C8H17NO3. The Labute approximate surface area is 72.8 Å². The molecule has 0 aliphatic carbocycles. The Balaban J connectivity index is 4.18. The molecule has 0 radical (unpaired) electrons. The molecule has 0 saturated heterocycles. The second-order valence-electron chi connectivity index (χ2n) is 3.16. The lowest BCUT2D eigenvalue weighted by molar-refractivity contribution is -0.110. The van der Waals surface area contributed by atoms with Crippen molar-refractivity contribution in [1.29, 1.82) is 0 Å². The van der Waals surface area contributed by atoms with E-state index in [0.29, 0.717) is 0 Å². The van der Waals surface area contributed by atoms with Crippen molar-refractivity contribution in [1.82, 2.24) is 4.90 Å². The third-order valence-corrected chi connectivity index (χ3v) is 1.89. The van der Waals surface area contributed by atoms with E-state index in [-0.39, 0.29) is 12.5 Å². The first-order valence-corrected chi connectivity index (χ1v) is 3.97. The zero-order chi connectivity index (χ0) is 9.72. The SMILES string of the molecule is C[C@H](O)[C@H](O)[C@@H](CC=O)N(C)C. The van der Waals surface area contributed by atoms with Crippen LogP contribution in [0.15, 0.2) is 0 Å². The summed E-state index contributed by atoms with van der Waals surface area (Å²) < 4.78 is 0. The minimum atomic E-state index is -0.870.